The molecule has 0 saturated carbocycles. The van der Waals surface area contributed by atoms with Gasteiger partial charge in [0, 0.05) is 28.2 Å². The monoisotopic (exact) mass is 154 g/mol. The first-order valence-electron chi connectivity index (χ1n) is 3.68. The highest BCUT2D eigenvalue weighted by Crippen LogP contribution is 2.09. The molecule has 0 atom stereocenters. The Balaban J connectivity index is 4.72. The summed E-state index contributed by atoms with van der Waals surface area (Å²) in [7, 11) is 8.12. The lowest BCUT2D eigenvalue weighted by Gasteiger charge is -2.26. The average molecular weight is 154 g/mol. The highest BCUT2D eigenvalue weighted by molar-refractivity contribution is 5.19. The van der Waals surface area contributed by atoms with Gasteiger partial charge in [-0.25, -0.2) is 0 Å². The molecular weight excluding hydrogens is 136 g/mol. The summed E-state index contributed by atoms with van der Waals surface area (Å²) in [5.74, 6) is 1.19. The minimum absolute atomic E-state index is 1.19. The van der Waals surface area contributed by atoms with Crippen LogP contribution in [0.25, 0.3) is 0 Å². The molecule has 0 spiro atoms. The van der Waals surface area contributed by atoms with Gasteiger partial charge in [-0.2, -0.15) is 0 Å². The van der Waals surface area contributed by atoms with Gasteiger partial charge in [0.2, 0.25) is 0 Å². The van der Waals surface area contributed by atoms with E-state index in [9.17, 15) is 0 Å². The normalized spacial score (nSPS) is 8.82. The molecule has 0 aliphatic carbocycles. The third kappa shape index (κ3) is 2.66. The molecule has 0 N–H and O–H groups in total. The fraction of sp³-hybridized carbons (Fsp3) is 0.556. The quantitative estimate of drug-likeness (QED) is 0.569. The molecular formula is C9H18N2. The van der Waals surface area contributed by atoms with Crippen molar-refractivity contribution in [3.63, 3.8) is 0 Å². The second-order valence-corrected chi connectivity index (χ2v) is 3.00. The summed E-state index contributed by atoms with van der Waals surface area (Å²) in [6, 6.07) is 0. The Morgan fingerprint density at radius 2 is 1.45 bits per heavy atom. The summed E-state index contributed by atoms with van der Waals surface area (Å²) < 4.78 is 0. The third-order valence-electron chi connectivity index (χ3n) is 1.51. The molecule has 0 bridgehead atoms. The highest BCUT2D eigenvalue weighted by Gasteiger charge is 2.03. The van der Waals surface area contributed by atoms with Gasteiger partial charge in [0.25, 0.3) is 0 Å². The molecule has 0 saturated heterocycles. The second kappa shape index (κ2) is 4.06. The molecule has 0 heterocycles. The molecule has 0 aliphatic rings. The molecule has 0 aromatic heterocycles. The standard InChI is InChI=1S/C9H18N2/c1-7-8(2)9(10(3)4)11(5)6/h7H,1H2,2-6H3. The van der Waals surface area contributed by atoms with Gasteiger partial charge in [-0.3, -0.25) is 0 Å². The van der Waals surface area contributed by atoms with Gasteiger partial charge in [0.1, 0.15) is 5.82 Å². The molecule has 2 nitrogen and oxygen atoms in total. The van der Waals surface area contributed by atoms with Crippen LogP contribution < -0.4 is 0 Å². The molecule has 0 rings (SSSR count). The van der Waals surface area contributed by atoms with Crippen molar-refractivity contribution in [3.8, 4) is 0 Å². The molecule has 64 valence electrons. The Labute approximate surface area is 69.8 Å². The Morgan fingerprint density at radius 1 is 1.09 bits per heavy atom. The predicted molar refractivity (Wildman–Crippen MR) is 50.3 cm³/mol. The SMILES string of the molecule is C=CC(C)=C(N(C)C)N(C)C. The van der Waals surface area contributed by atoms with E-state index in [0.29, 0.717) is 0 Å². The molecule has 0 aliphatic heterocycles. The first-order chi connectivity index (χ1) is 5.00. The Bertz CT molecular complexity index is 156. The van der Waals surface area contributed by atoms with Crippen LogP contribution in [0.2, 0.25) is 0 Å². The minimum atomic E-state index is 1.19. The van der Waals surface area contributed by atoms with E-state index in [4.69, 9.17) is 0 Å². The zero-order chi connectivity index (χ0) is 9.02. The van der Waals surface area contributed by atoms with Crippen molar-refractivity contribution in [2.75, 3.05) is 28.2 Å². The van der Waals surface area contributed by atoms with E-state index in [0.717, 1.165) is 0 Å². The van der Waals surface area contributed by atoms with Gasteiger partial charge in [-0.15, -0.1) is 0 Å². The first-order valence-corrected chi connectivity index (χ1v) is 3.68. The fourth-order valence-electron chi connectivity index (χ4n) is 1.20. The predicted octanol–water partition coefficient (Wildman–Crippen LogP) is 1.53. The van der Waals surface area contributed by atoms with Crippen LogP contribution in [0.1, 0.15) is 6.92 Å². The minimum Gasteiger partial charge on any atom is -0.364 e. The van der Waals surface area contributed by atoms with E-state index in [-0.39, 0.29) is 0 Å². The lowest BCUT2D eigenvalue weighted by Crippen LogP contribution is -2.25. The molecule has 0 aromatic rings. The molecule has 0 aromatic carbocycles. The van der Waals surface area contributed by atoms with Crippen molar-refractivity contribution >= 4 is 0 Å². The van der Waals surface area contributed by atoms with Crippen molar-refractivity contribution in [1.82, 2.24) is 9.80 Å². The van der Waals surface area contributed by atoms with Crippen LogP contribution in [0.3, 0.4) is 0 Å². The van der Waals surface area contributed by atoms with Crippen LogP contribution >= 0.6 is 0 Å². The van der Waals surface area contributed by atoms with Gasteiger partial charge in [0.15, 0.2) is 0 Å². The van der Waals surface area contributed by atoms with Crippen molar-refractivity contribution in [3.05, 3.63) is 24.0 Å². The molecule has 0 radical (unpaired) electrons. The van der Waals surface area contributed by atoms with E-state index < -0.39 is 0 Å². The Kier molecular flexibility index (Phi) is 3.72. The number of allylic oxidation sites excluding steroid dienone is 2. The zero-order valence-electron chi connectivity index (χ0n) is 8.18. The van der Waals surface area contributed by atoms with E-state index >= 15 is 0 Å². The number of hydrogen-bond donors (Lipinski definition) is 0. The van der Waals surface area contributed by atoms with Crippen LogP contribution in [-0.2, 0) is 0 Å². The van der Waals surface area contributed by atoms with Gasteiger partial charge >= 0.3 is 0 Å². The summed E-state index contributed by atoms with van der Waals surface area (Å²) in [5, 5.41) is 0. The molecule has 0 amide bonds. The van der Waals surface area contributed by atoms with Crippen LogP contribution in [0.5, 0.6) is 0 Å². The van der Waals surface area contributed by atoms with E-state index in [1.807, 2.05) is 34.3 Å². The number of nitrogens with zero attached hydrogens (tertiary/aromatic N) is 2. The first kappa shape index (κ1) is 10.1. The lowest BCUT2D eigenvalue weighted by atomic mass is 10.3. The van der Waals surface area contributed by atoms with Crippen LogP contribution in [-0.4, -0.2) is 38.0 Å². The van der Waals surface area contributed by atoms with Crippen LogP contribution in [0.15, 0.2) is 24.0 Å². The van der Waals surface area contributed by atoms with Crippen molar-refractivity contribution in [1.29, 1.82) is 0 Å². The maximum Gasteiger partial charge on any atom is 0.106 e. The lowest BCUT2D eigenvalue weighted by molar-refractivity contribution is 0.338. The highest BCUT2D eigenvalue weighted by atomic mass is 15.3. The summed E-state index contributed by atoms with van der Waals surface area (Å²) in [5.41, 5.74) is 1.19. The molecule has 11 heavy (non-hydrogen) atoms. The maximum absolute atomic E-state index is 3.74. The van der Waals surface area contributed by atoms with Crippen molar-refractivity contribution in [2.45, 2.75) is 6.92 Å². The smallest absolute Gasteiger partial charge is 0.106 e. The van der Waals surface area contributed by atoms with Crippen LogP contribution in [0.4, 0.5) is 0 Å². The van der Waals surface area contributed by atoms with Crippen molar-refractivity contribution in [2.24, 2.45) is 0 Å². The Hall–Kier alpha value is -0.920. The second-order valence-electron chi connectivity index (χ2n) is 3.00. The van der Waals surface area contributed by atoms with E-state index in [1.165, 1.54) is 11.4 Å². The number of rotatable bonds is 3. The van der Waals surface area contributed by atoms with Crippen LogP contribution in [0, 0.1) is 0 Å². The van der Waals surface area contributed by atoms with E-state index in [1.54, 1.807) is 0 Å². The van der Waals surface area contributed by atoms with Gasteiger partial charge in [-0.1, -0.05) is 12.7 Å². The van der Waals surface area contributed by atoms with Gasteiger partial charge in [0.05, 0.1) is 0 Å². The fourth-order valence-corrected chi connectivity index (χ4v) is 1.20. The van der Waals surface area contributed by atoms with Gasteiger partial charge in [-0.05, 0) is 12.5 Å². The summed E-state index contributed by atoms with van der Waals surface area (Å²) in [6.07, 6.45) is 1.87. The average Bonchev–Trinajstić information content (AvgIpc) is 1.85. The molecule has 0 unspecified atom stereocenters. The summed E-state index contributed by atoms with van der Waals surface area (Å²) in [4.78, 5) is 4.16. The zero-order valence-corrected chi connectivity index (χ0v) is 8.18. The van der Waals surface area contributed by atoms with Gasteiger partial charge < -0.3 is 9.80 Å². The largest absolute Gasteiger partial charge is 0.364 e. The molecule has 0 fully saturated rings. The van der Waals surface area contributed by atoms with E-state index in [2.05, 4.69) is 23.3 Å². The Morgan fingerprint density at radius 3 is 1.55 bits per heavy atom. The topological polar surface area (TPSA) is 6.48 Å². The number of hydrogen-bond acceptors (Lipinski definition) is 2. The third-order valence-corrected chi connectivity index (χ3v) is 1.51. The summed E-state index contributed by atoms with van der Waals surface area (Å²) in [6.45, 7) is 5.79. The van der Waals surface area contributed by atoms with Crippen molar-refractivity contribution < 1.29 is 0 Å². The maximum atomic E-state index is 3.74. The summed E-state index contributed by atoms with van der Waals surface area (Å²) >= 11 is 0. The molecule has 2 heteroatoms.